The van der Waals surface area contributed by atoms with Gasteiger partial charge in [-0.3, -0.25) is 4.79 Å². The van der Waals surface area contributed by atoms with Gasteiger partial charge in [0.2, 0.25) is 0 Å². The van der Waals surface area contributed by atoms with Gasteiger partial charge in [-0.15, -0.1) is 0 Å². The summed E-state index contributed by atoms with van der Waals surface area (Å²) in [6.07, 6.45) is 6.56. The van der Waals surface area contributed by atoms with Crippen molar-refractivity contribution in [2.45, 2.75) is 38.1 Å². The number of hydrogen-bond donors (Lipinski definition) is 2. The van der Waals surface area contributed by atoms with Crippen molar-refractivity contribution in [1.29, 1.82) is 0 Å². The Bertz CT molecular complexity index is 822. The Morgan fingerprint density at radius 2 is 1.96 bits per heavy atom. The summed E-state index contributed by atoms with van der Waals surface area (Å²) >= 11 is 1.48. The second kappa shape index (κ2) is 8.13. The average molecular weight is 384 g/mol. The van der Waals surface area contributed by atoms with Gasteiger partial charge < -0.3 is 20.0 Å². The molecule has 1 amide bonds. The smallest absolute Gasteiger partial charge is 0.260 e. The molecule has 6 heteroatoms. The first-order valence-electron chi connectivity index (χ1n) is 9.61. The zero-order valence-corrected chi connectivity index (χ0v) is 16.3. The molecule has 1 atom stereocenters. The second-order valence-corrected chi connectivity index (χ2v) is 8.05. The van der Waals surface area contributed by atoms with Crippen molar-refractivity contribution < 1.29 is 9.21 Å². The Hall–Kier alpha value is -2.34. The minimum atomic E-state index is -0.173. The van der Waals surface area contributed by atoms with E-state index in [9.17, 15) is 4.79 Å². The number of carbonyl (C=O) groups excluding carboxylic acids is 1. The van der Waals surface area contributed by atoms with Gasteiger partial charge in [0.25, 0.3) is 5.91 Å². The van der Waals surface area contributed by atoms with E-state index in [4.69, 9.17) is 4.42 Å². The third-order valence-corrected chi connectivity index (χ3v) is 5.97. The molecular formula is C21H25N3O2S. The van der Waals surface area contributed by atoms with Crippen LogP contribution in [0.25, 0.3) is 6.08 Å². The van der Waals surface area contributed by atoms with E-state index in [1.54, 1.807) is 0 Å². The van der Waals surface area contributed by atoms with Crippen LogP contribution in [-0.2, 0) is 11.2 Å². The summed E-state index contributed by atoms with van der Waals surface area (Å²) in [6, 6.07) is 12.2. The molecule has 27 heavy (non-hydrogen) atoms. The lowest BCUT2D eigenvalue weighted by Gasteiger charge is -2.25. The molecule has 2 saturated heterocycles. The van der Waals surface area contributed by atoms with Crippen LogP contribution in [-0.4, -0.2) is 24.5 Å². The molecule has 0 aliphatic carbocycles. The van der Waals surface area contributed by atoms with Gasteiger partial charge in [0.05, 0.1) is 4.91 Å². The van der Waals surface area contributed by atoms with E-state index in [-0.39, 0.29) is 11.4 Å². The SMILES string of the molecule is CCc1ccc(N[C@H]2NC(=O)/C(=C/c3ccc(N4CCCCC4)o3)S2)cc1. The Balaban J connectivity index is 1.40. The minimum absolute atomic E-state index is 0.0707. The first-order valence-corrected chi connectivity index (χ1v) is 10.5. The van der Waals surface area contributed by atoms with Crippen molar-refractivity contribution in [3.63, 3.8) is 0 Å². The first kappa shape index (κ1) is 18.0. The third kappa shape index (κ3) is 4.33. The number of hydrogen-bond acceptors (Lipinski definition) is 5. The number of nitrogens with one attached hydrogen (secondary N) is 2. The van der Waals surface area contributed by atoms with Crippen LogP contribution >= 0.6 is 11.8 Å². The molecule has 2 fully saturated rings. The van der Waals surface area contributed by atoms with Crippen LogP contribution in [0.15, 0.2) is 45.7 Å². The molecule has 2 N–H and O–H groups in total. The van der Waals surface area contributed by atoms with Crippen LogP contribution in [0.5, 0.6) is 0 Å². The van der Waals surface area contributed by atoms with E-state index < -0.39 is 0 Å². The highest BCUT2D eigenvalue weighted by Gasteiger charge is 2.27. The molecule has 1 aromatic heterocycles. The van der Waals surface area contributed by atoms with Crippen LogP contribution in [0.2, 0.25) is 0 Å². The van der Waals surface area contributed by atoms with Gasteiger partial charge in [-0.25, -0.2) is 0 Å². The van der Waals surface area contributed by atoms with Crippen molar-refractivity contribution in [1.82, 2.24) is 5.32 Å². The van der Waals surface area contributed by atoms with Gasteiger partial charge in [-0.05, 0) is 49.4 Å². The van der Waals surface area contributed by atoms with Crippen molar-refractivity contribution in [3.05, 3.63) is 52.6 Å². The summed E-state index contributed by atoms with van der Waals surface area (Å²) in [5.41, 5.74) is 2.12. The molecule has 0 bridgehead atoms. The summed E-state index contributed by atoms with van der Waals surface area (Å²) in [5, 5.41) is 6.31. The number of furan rings is 1. The lowest BCUT2D eigenvalue weighted by molar-refractivity contribution is -0.116. The number of amides is 1. The maximum atomic E-state index is 12.3. The fourth-order valence-electron chi connectivity index (χ4n) is 3.39. The fourth-order valence-corrected chi connectivity index (χ4v) is 4.35. The van der Waals surface area contributed by atoms with Crippen LogP contribution < -0.4 is 15.5 Å². The molecule has 3 heterocycles. The summed E-state index contributed by atoms with van der Waals surface area (Å²) < 4.78 is 5.95. The Kier molecular flexibility index (Phi) is 5.43. The van der Waals surface area contributed by atoms with E-state index in [1.165, 1.54) is 36.6 Å². The number of carbonyl (C=O) groups is 1. The summed E-state index contributed by atoms with van der Waals surface area (Å²) in [5.74, 6) is 1.55. The largest absolute Gasteiger partial charge is 0.441 e. The van der Waals surface area contributed by atoms with Crippen LogP contribution in [0.1, 0.15) is 37.5 Å². The van der Waals surface area contributed by atoms with Crippen molar-refractivity contribution >= 4 is 35.3 Å². The van der Waals surface area contributed by atoms with Gasteiger partial charge in [-0.1, -0.05) is 30.8 Å². The van der Waals surface area contributed by atoms with Gasteiger partial charge in [0.15, 0.2) is 11.4 Å². The zero-order valence-electron chi connectivity index (χ0n) is 15.5. The molecule has 142 valence electrons. The monoisotopic (exact) mass is 383 g/mol. The van der Waals surface area contributed by atoms with Crippen molar-refractivity contribution in [2.75, 3.05) is 23.3 Å². The summed E-state index contributed by atoms with van der Waals surface area (Å²) in [6.45, 7) is 4.22. The maximum Gasteiger partial charge on any atom is 0.260 e. The Labute approximate surface area is 164 Å². The molecular weight excluding hydrogens is 358 g/mol. The number of nitrogens with zero attached hydrogens (tertiary/aromatic N) is 1. The molecule has 2 aromatic rings. The standard InChI is InChI=1S/C21H25N3O2S/c1-2-15-6-8-16(9-7-15)22-21-23-20(25)18(27-21)14-17-10-11-19(26-17)24-12-4-3-5-13-24/h6-11,14,21-22H,2-5,12-13H2,1H3,(H,23,25)/b18-14-/t21-/m0/s1. The molecule has 5 nitrogen and oxygen atoms in total. The third-order valence-electron chi connectivity index (χ3n) is 4.94. The number of piperidine rings is 1. The normalized spacial score (nSPS) is 21.5. The maximum absolute atomic E-state index is 12.3. The first-order chi connectivity index (χ1) is 13.2. The molecule has 4 rings (SSSR count). The summed E-state index contributed by atoms with van der Waals surface area (Å²) in [4.78, 5) is 15.2. The van der Waals surface area contributed by atoms with Gasteiger partial charge >= 0.3 is 0 Å². The Morgan fingerprint density at radius 3 is 2.70 bits per heavy atom. The highest BCUT2D eigenvalue weighted by Crippen LogP contribution is 2.31. The highest BCUT2D eigenvalue weighted by atomic mass is 32.2. The van der Waals surface area contributed by atoms with E-state index in [2.05, 4.69) is 34.6 Å². The van der Waals surface area contributed by atoms with E-state index in [0.29, 0.717) is 4.91 Å². The average Bonchev–Trinajstić information content (AvgIpc) is 3.30. The van der Waals surface area contributed by atoms with Crippen molar-refractivity contribution in [2.24, 2.45) is 0 Å². The van der Waals surface area contributed by atoms with Gasteiger partial charge in [0.1, 0.15) is 5.76 Å². The zero-order chi connectivity index (χ0) is 18.6. The molecule has 2 aliphatic heterocycles. The van der Waals surface area contributed by atoms with Gasteiger partial charge in [0, 0.05) is 30.9 Å². The molecule has 0 radical (unpaired) electrons. The van der Waals surface area contributed by atoms with E-state index in [1.807, 2.05) is 30.3 Å². The molecule has 1 aromatic carbocycles. The topological polar surface area (TPSA) is 57.5 Å². The Morgan fingerprint density at radius 1 is 1.19 bits per heavy atom. The molecule has 0 saturated carbocycles. The van der Waals surface area contributed by atoms with E-state index in [0.717, 1.165) is 36.8 Å². The fraction of sp³-hybridized carbons (Fsp3) is 0.381. The predicted octanol–water partition coefficient (Wildman–Crippen LogP) is 4.43. The highest BCUT2D eigenvalue weighted by molar-refractivity contribution is 8.05. The van der Waals surface area contributed by atoms with Crippen LogP contribution in [0.3, 0.4) is 0 Å². The number of thioether (sulfide) groups is 1. The molecule has 0 unspecified atom stereocenters. The number of aryl methyl sites for hydroxylation is 1. The van der Waals surface area contributed by atoms with Crippen LogP contribution in [0, 0.1) is 0 Å². The predicted molar refractivity (Wildman–Crippen MR) is 112 cm³/mol. The molecule has 2 aliphatic rings. The second-order valence-electron chi connectivity index (χ2n) is 6.90. The quantitative estimate of drug-likeness (QED) is 0.748. The van der Waals surface area contributed by atoms with E-state index >= 15 is 0 Å². The van der Waals surface area contributed by atoms with Crippen molar-refractivity contribution in [3.8, 4) is 0 Å². The van der Waals surface area contributed by atoms with Gasteiger partial charge in [-0.2, -0.15) is 0 Å². The van der Waals surface area contributed by atoms with Crippen LogP contribution in [0.4, 0.5) is 11.6 Å². The molecule has 0 spiro atoms. The number of anilines is 2. The lowest BCUT2D eigenvalue weighted by Crippen LogP contribution is -2.30. The summed E-state index contributed by atoms with van der Waals surface area (Å²) in [7, 11) is 0. The number of benzene rings is 1. The number of rotatable bonds is 5. The minimum Gasteiger partial charge on any atom is -0.441 e. The lowest BCUT2D eigenvalue weighted by atomic mass is 10.1.